The lowest BCUT2D eigenvalue weighted by Crippen LogP contribution is -1.92. The zero-order valence-electron chi connectivity index (χ0n) is 10.0. The number of fused-ring (bicyclic) bond motifs is 1. The number of aryl methyl sites for hydroxylation is 3. The molecule has 2 aromatic carbocycles. The van der Waals surface area contributed by atoms with Crippen LogP contribution in [0.4, 0.5) is 0 Å². The molecule has 15 heavy (non-hydrogen) atoms. The van der Waals surface area contributed by atoms with Gasteiger partial charge in [0.05, 0.1) is 0 Å². The van der Waals surface area contributed by atoms with Crippen molar-refractivity contribution in [2.24, 2.45) is 0 Å². The summed E-state index contributed by atoms with van der Waals surface area (Å²) in [5.41, 5.74) is 5.71. The Kier molecular flexibility index (Phi) is 2.52. The van der Waals surface area contributed by atoms with E-state index in [-0.39, 0.29) is 0 Å². The van der Waals surface area contributed by atoms with Crippen molar-refractivity contribution in [1.29, 1.82) is 0 Å². The van der Waals surface area contributed by atoms with Gasteiger partial charge in [-0.3, -0.25) is 0 Å². The van der Waals surface area contributed by atoms with Crippen molar-refractivity contribution in [2.75, 3.05) is 0 Å². The van der Waals surface area contributed by atoms with E-state index < -0.39 is 0 Å². The molecule has 0 fully saturated rings. The molecule has 0 aliphatic heterocycles. The van der Waals surface area contributed by atoms with Gasteiger partial charge in [-0.2, -0.15) is 0 Å². The zero-order chi connectivity index (χ0) is 11.0. The summed E-state index contributed by atoms with van der Waals surface area (Å²) in [6.45, 7) is 8.84. The first-order valence-electron chi connectivity index (χ1n) is 5.63. The maximum atomic E-state index is 2.34. The van der Waals surface area contributed by atoms with Gasteiger partial charge in [-0.1, -0.05) is 36.8 Å². The van der Waals surface area contributed by atoms with Crippen LogP contribution in [0.15, 0.2) is 24.3 Å². The highest BCUT2D eigenvalue weighted by Gasteiger charge is 2.05. The molecule has 0 aromatic heterocycles. The van der Waals surface area contributed by atoms with E-state index >= 15 is 0 Å². The minimum Gasteiger partial charge on any atom is -0.0613 e. The van der Waals surface area contributed by atoms with Crippen LogP contribution in [0.5, 0.6) is 0 Å². The molecule has 0 atom stereocenters. The monoisotopic (exact) mass is 198 g/mol. The fraction of sp³-hybridized carbons (Fsp3) is 0.333. The van der Waals surface area contributed by atoms with E-state index in [1.807, 2.05) is 0 Å². The van der Waals surface area contributed by atoms with E-state index in [0.29, 0.717) is 0 Å². The van der Waals surface area contributed by atoms with Crippen molar-refractivity contribution in [3.8, 4) is 0 Å². The molecule has 0 unspecified atom stereocenters. The van der Waals surface area contributed by atoms with E-state index in [2.05, 4.69) is 52.0 Å². The average Bonchev–Trinajstić information content (AvgIpc) is 2.23. The van der Waals surface area contributed by atoms with Crippen LogP contribution >= 0.6 is 0 Å². The smallest absolute Gasteiger partial charge is 0.0152 e. The van der Waals surface area contributed by atoms with Gasteiger partial charge < -0.3 is 0 Å². The van der Waals surface area contributed by atoms with E-state index in [4.69, 9.17) is 0 Å². The number of hydrogen-bond acceptors (Lipinski definition) is 0. The van der Waals surface area contributed by atoms with Gasteiger partial charge in [0.2, 0.25) is 0 Å². The Bertz CT molecular complexity index is 507. The summed E-state index contributed by atoms with van der Waals surface area (Å²) in [5, 5.41) is 2.78. The van der Waals surface area contributed by atoms with Gasteiger partial charge in [0, 0.05) is 0 Å². The van der Waals surface area contributed by atoms with Crippen molar-refractivity contribution in [3.05, 3.63) is 46.5 Å². The van der Waals surface area contributed by atoms with Crippen LogP contribution in [-0.2, 0) is 6.42 Å². The van der Waals surface area contributed by atoms with Crippen LogP contribution in [-0.4, -0.2) is 0 Å². The first kappa shape index (κ1) is 10.2. The van der Waals surface area contributed by atoms with E-state index in [1.165, 1.54) is 33.0 Å². The van der Waals surface area contributed by atoms with E-state index in [9.17, 15) is 0 Å². The molecule has 0 heteroatoms. The molecule has 0 bridgehead atoms. The molecule has 0 amide bonds. The maximum absolute atomic E-state index is 2.34. The molecule has 0 aliphatic carbocycles. The van der Waals surface area contributed by atoms with Gasteiger partial charge in [-0.15, -0.1) is 0 Å². The zero-order valence-corrected chi connectivity index (χ0v) is 10.0. The standard InChI is InChI=1S/C15H18/c1-5-13-9-14-8-10(2)6-7-15(14)12(4)11(13)3/h6-9H,5H2,1-4H3. The van der Waals surface area contributed by atoms with Crippen molar-refractivity contribution in [3.63, 3.8) is 0 Å². The molecule has 0 nitrogen and oxygen atoms in total. The summed E-state index contributed by atoms with van der Waals surface area (Å²) in [4.78, 5) is 0. The minimum absolute atomic E-state index is 1.12. The van der Waals surface area contributed by atoms with Gasteiger partial charge in [-0.25, -0.2) is 0 Å². The number of hydrogen-bond donors (Lipinski definition) is 0. The van der Waals surface area contributed by atoms with E-state index in [0.717, 1.165) is 6.42 Å². The first-order valence-corrected chi connectivity index (χ1v) is 5.63. The molecule has 0 heterocycles. The summed E-state index contributed by atoms with van der Waals surface area (Å²) in [7, 11) is 0. The van der Waals surface area contributed by atoms with E-state index in [1.54, 1.807) is 0 Å². The summed E-state index contributed by atoms with van der Waals surface area (Å²) in [6, 6.07) is 9.05. The Balaban J connectivity index is 2.84. The normalized spacial score (nSPS) is 10.9. The van der Waals surface area contributed by atoms with Crippen LogP contribution in [0.2, 0.25) is 0 Å². The van der Waals surface area contributed by atoms with Gasteiger partial charge >= 0.3 is 0 Å². The third-order valence-corrected chi connectivity index (χ3v) is 3.37. The lowest BCUT2D eigenvalue weighted by atomic mass is 9.94. The van der Waals surface area contributed by atoms with Crippen LogP contribution in [0, 0.1) is 20.8 Å². The van der Waals surface area contributed by atoms with Crippen LogP contribution < -0.4 is 0 Å². The van der Waals surface area contributed by atoms with Gasteiger partial charge in [0.1, 0.15) is 0 Å². The summed E-state index contributed by atoms with van der Waals surface area (Å²) in [5.74, 6) is 0. The molecule has 0 radical (unpaired) electrons. The van der Waals surface area contributed by atoms with Crippen LogP contribution in [0.1, 0.15) is 29.2 Å². The van der Waals surface area contributed by atoms with Gasteiger partial charge in [0.25, 0.3) is 0 Å². The molecule has 2 aromatic rings. The van der Waals surface area contributed by atoms with Crippen molar-refractivity contribution in [1.82, 2.24) is 0 Å². The Morgan fingerprint density at radius 3 is 2.33 bits per heavy atom. The second kappa shape index (κ2) is 3.69. The number of rotatable bonds is 1. The largest absolute Gasteiger partial charge is 0.0613 e. The third-order valence-electron chi connectivity index (χ3n) is 3.37. The fourth-order valence-electron chi connectivity index (χ4n) is 2.25. The summed E-state index contributed by atoms with van der Waals surface area (Å²) >= 11 is 0. The van der Waals surface area contributed by atoms with Crippen molar-refractivity contribution < 1.29 is 0 Å². The van der Waals surface area contributed by atoms with Crippen LogP contribution in [0.3, 0.4) is 0 Å². The third kappa shape index (κ3) is 1.65. The Morgan fingerprint density at radius 1 is 0.933 bits per heavy atom. The highest BCUT2D eigenvalue weighted by molar-refractivity contribution is 5.88. The molecular formula is C15H18. The predicted octanol–water partition coefficient (Wildman–Crippen LogP) is 4.33. The van der Waals surface area contributed by atoms with Crippen molar-refractivity contribution >= 4 is 10.8 Å². The predicted molar refractivity (Wildman–Crippen MR) is 67.5 cm³/mol. The molecule has 78 valence electrons. The molecule has 2 rings (SSSR count). The summed E-state index contributed by atoms with van der Waals surface area (Å²) < 4.78 is 0. The van der Waals surface area contributed by atoms with Gasteiger partial charge in [-0.05, 0) is 54.7 Å². The SMILES string of the molecule is CCc1cc2cc(C)ccc2c(C)c1C. The first-order chi connectivity index (χ1) is 7.13. The molecule has 0 spiro atoms. The second-order valence-electron chi connectivity index (χ2n) is 4.36. The molecular weight excluding hydrogens is 180 g/mol. The molecule has 0 saturated heterocycles. The lowest BCUT2D eigenvalue weighted by molar-refractivity contribution is 1.10. The minimum atomic E-state index is 1.12. The second-order valence-corrected chi connectivity index (χ2v) is 4.36. The highest BCUT2D eigenvalue weighted by Crippen LogP contribution is 2.26. The highest BCUT2D eigenvalue weighted by atomic mass is 14.1. The number of benzene rings is 2. The van der Waals surface area contributed by atoms with Crippen molar-refractivity contribution in [2.45, 2.75) is 34.1 Å². The Hall–Kier alpha value is -1.30. The molecule has 0 aliphatic rings. The maximum Gasteiger partial charge on any atom is -0.0152 e. The fourth-order valence-corrected chi connectivity index (χ4v) is 2.25. The average molecular weight is 198 g/mol. The quantitative estimate of drug-likeness (QED) is 0.640. The molecule has 0 N–H and O–H groups in total. The van der Waals surface area contributed by atoms with Crippen LogP contribution in [0.25, 0.3) is 10.8 Å². The molecule has 0 saturated carbocycles. The lowest BCUT2D eigenvalue weighted by Gasteiger charge is -2.11. The Morgan fingerprint density at radius 2 is 1.67 bits per heavy atom. The topological polar surface area (TPSA) is 0 Å². The Labute approximate surface area is 91.9 Å². The summed E-state index contributed by atoms with van der Waals surface area (Å²) in [6.07, 6.45) is 1.12. The van der Waals surface area contributed by atoms with Gasteiger partial charge in [0.15, 0.2) is 0 Å².